The third kappa shape index (κ3) is 3.97. The van der Waals surface area contributed by atoms with Gasteiger partial charge in [-0.25, -0.2) is 4.39 Å². The number of hydrogen-bond donors (Lipinski definition) is 0. The lowest BCUT2D eigenvalue weighted by Crippen LogP contribution is -1.95. The molecule has 0 fully saturated rings. The van der Waals surface area contributed by atoms with E-state index in [0.717, 1.165) is 5.56 Å². The number of thioether (sulfide) groups is 1. The molecular weight excluding hydrogens is 291 g/mol. The highest BCUT2D eigenvalue weighted by Gasteiger charge is 2.17. The molecule has 114 valence electrons. The molecule has 21 heavy (non-hydrogen) atoms. The molecular formula is C15H19FN2O2S. The van der Waals surface area contributed by atoms with Crippen molar-refractivity contribution in [1.82, 2.24) is 10.1 Å². The van der Waals surface area contributed by atoms with E-state index in [0.29, 0.717) is 23.2 Å². The van der Waals surface area contributed by atoms with E-state index in [2.05, 4.69) is 10.1 Å². The van der Waals surface area contributed by atoms with Gasteiger partial charge in [0.05, 0.1) is 12.4 Å². The monoisotopic (exact) mass is 310 g/mol. The maximum absolute atomic E-state index is 13.3. The van der Waals surface area contributed by atoms with Crippen molar-refractivity contribution in [3.8, 4) is 5.75 Å². The fourth-order valence-electron chi connectivity index (χ4n) is 1.79. The van der Waals surface area contributed by atoms with Crippen molar-refractivity contribution in [3.05, 3.63) is 41.3 Å². The van der Waals surface area contributed by atoms with E-state index < -0.39 is 0 Å². The van der Waals surface area contributed by atoms with Gasteiger partial charge in [-0.2, -0.15) is 4.98 Å². The molecule has 0 bridgehead atoms. The third-order valence-electron chi connectivity index (χ3n) is 3.05. The van der Waals surface area contributed by atoms with Crippen LogP contribution in [0.5, 0.6) is 5.75 Å². The molecule has 1 aromatic carbocycles. The molecule has 6 heteroatoms. The minimum absolute atomic E-state index is 0.0398. The summed E-state index contributed by atoms with van der Waals surface area (Å²) in [7, 11) is 1.58. The smallest absolute Gasteiger partial charge is 0.239 e. The topological polar surface area (TPSA) is 48.2 Å². The highest BCUT2D eigenvalue weighted by molar-refractivity contribution is 7.98. The largest absolute Gasteiger partial charge is 0.496 e. The summed E-state index contributed by atoms with van der Waals surface area (Å²) in [4.78, 5) is 4.38. The SMILES string of the molecule is COc1ccc(F)cc1CSC(C)c1nc(C(C)C)no1. The standard InChI is InChI=1S/C15H19FN2O2S/c1-9(2)14-17-15(20-18-14)10(3)21-8-11-7-12(16)5-6-13(11)19-4/h5-7,9-10H,8H2,1-4H3. The van der Waals surface area contributed by atoms with Crippen molar-refractivity contribution in [2.75, 3.05) is 7.11 Å². The van der Waals surface area contributed by atoms with Crippen molar-refractivity contribution in [2.24, 2.45) is 0 Å². The predicted molar refractivity (Wildman–Crippen MR) is 81.0 cm³/mol. The molecule has 0 radical (unpaired) electrons. The van der Waals surface area contributed by atoms with Gasteiger partial charge >= 0.3 is 0 Å². The summed E-state index contributed by atoms with van der Waals surface area (Å²) >= 11 is 1.60. The quantitative estimate of drug-likeness (QED) is 0.794. The summed E-state index contributed by atoms with van der Waals surface area (Å²) in [6.07, 6.45) is 0. The van der Waals surface area contributed by atoms with Crippen LogP contribution in [0.4, 0.5) is 4.39 Å². The van der Waals surface area contributed by atoms with Gasteiger partial charge in [0.2, 0.25) is 5.89 Å². The van der Waals surface area contributed by atoms with Crippen molar-refractivity contribution >= 4 is 11.8 Å². The van der Waals surface area contributed by atoms with E-state index in [1.54, 1.807) is 24.9 Å². The molecule has 1 heterocycles. The van der Waals surface area contributed by atoms with Gasteiger partial charge in [-0.15, -0.1) is 11.8 Å². The molecule has 1 aromatic heterocycles. The normalized spacial score (nSPS) is 12.7. The van der Waals surface area contributed by atoms with Crippen LogP contribution >= 0.6 is 11.8 Å². The molecule has 0 aliphatic carbocycles. The zero-order chi connectivity index (χ0) is 15.4. The van der Waals surface area contributed by atoms with Crippen LogP contribution in [0.3, 0.4) is 0 Å². The van der Waals surface area contributed by atoms with Gasteiger partial charge in [0.25, 0.3) is 0 Å². The average Bonchev–Trinajstić information content (AvgIpc) is 2.95. The number of ether oxygens (including phenoxy) is 1. The lowest BCUT2D eigenvalue weighted by molar-refractivity contribution is 0.373. The van der Waals surface area contributed by atoms with Crippen molar-refractivity contribution in [1.29, 1.82) is 0 Å². The molecule has 0 saturated carbocycles. The molecule has 0 aliphatic heterocycles. The van der Waals surface area contributed by atoms with Crippen LogP contribution in [0.2, 0.25) is 0 Å². The summed E-state index contributed by atoms with van der Waals surface area (Å²) in [6, 6.07) is 4.52. The van der Waals surface area contributed by atoms with Gasteiger partial charge in [-0.3, -0.25) is 0 Å². The minimum Gasteiger partial charge on any atom is -0.496 e. The number of aromatic nitrogens is 2. The molecule has 0 saturated heterocycles. The average molecular weight is 310 g/mol. The van der Waals surface area contributed by atoms with Crippen molar-refractivity contribution in [2.45, 2.75) is 37.7 Å². The number of methoxy groups -OCH3 is 1. The van der Waals surface area contributed by atoms with Crippen molar-refractivity contribution < 1.29 is 13.7 Å². The molecule has 2 aromatic rings. The molecule has 0 N–H and O–H groups in total. The number of hydrogen-bond acceptors (Lipinski definition) is 5. The molecule has 0 amide bonds. The highest BCUT2D eigenvalue weighted by atomic mass is 32.2. The van der Waals surface area contributed by atoms with Crippen LogP contribution in [-0.4, -0.2) is 17.3 Å². The Labute approximate surface area is 128 Å². The Kier molecular flexibility index (Phi) is 5.22. The second-order valence-corrected chi connectivity index (χ2v) is 6.38. The van der Waals surface area contributed by atoms with Gasteiger partial charge in [-0.1, -0.05) is 19.0 Å². The van der Waals surface area contributed by atoms with Gasteiger partial charge in [-0.05, 0) is 25.1 Å². The van der Waals surface area contributed by atoms with E-state index in [1.807, 2.05) is 20.8 Å². The fraction of sp³-hybridized carbons (Fsp3) is 0.467. The first-order valence-corrected chi connectivity index (χ1v) is 7.83. The van der Waals surface area contributed by atoms with Crippen LogP contribution in [0.15, 0.2) is 22.7 Å². The number of halogens is 1. The zero-order valence-corrected chi connectivity index (χ0v) is 13.4. The van der Waals surface area contributed by atoms with E-state index in [4.69, 9.17) is 9.26 Å². The zero-order valence-electron chi connectivity index (χ0n) is 12.6. The summed E-state index contributed by atoms with van der Waals surface area (Å²) in [5, 5.41) is 4.00. The summed E-state index contributed by atoms with van der Waals surface area (Å²) in [5.74, 6) is 2.58. The Morgan fingerprint density at radius 3 is 2.71 bits per heavy atom. The maximum atomic E-state index is 13.3. The molecule has 4 nitrogen and oxygen atoms in total. The Balaban J connectivity index is 2.03. The molecule has 2 rings (SSSR count). The second-order valence-electron chi connectivity index (χ2n) is 5.05. The number of nitrogens with zero attached hydrogens (tertiary/aromatic N) is 2. The van der Waals surface area contributed by atoms with E-state index in [9.17, 15) is 4.39 Å². The Morgan fingerprint density at radius 1 is 1.33 bits per heavy atom. The first kappa shape index (κ1) is 15.8. The Hall–Kier alpha value is -1.56. The highest BCUT2D eigenvalue weighted by Crippen LogP contribution is 2.33. The van der Waals surface area contributed by atoms with Crippen LogP contribution < -0.4 is 4.74 Å². The molecule has 0 spiro atoms. The summed E-state index contributed by atoms with van der Waals surface area (Å²) in [6.45, 7) is 6.03. The molecule has 1 unspecified atom stereocenters. The van der Waals surface area contributed by atoms with Crippen LogP contribution in [0.1, 0.15) is 49.2 Å². The van der Waals surface area contributed by atoms with Crippen LogP contribution in [-0.2, 0) is 5.75 Å². The minimum atomic E-state index is -0.265. The van der Waals surface area contributed by atoms with Gasteiger partial charge in [0.1, 0.15) is 11.6 Å². The Morgan fingerprint density at radius 2 is 2.10 bits per heavy atom. The van der Waals surface area contributed by atoms with E-state index in [-0.39, 0.29) is 17.0 Å². The maximum Gasteiger partial charge on any atom is 0.239 e. The van der Waals surface area contributed by atoms with Gasteiger partial charge in [0, 0.05) is 17.2 Å². The second kappa shape index (κ2) is 6.93. The van der Waals surface area contributed by atoms with E-state index >= 15 is 0 Å². The third-order valence-corrected chi connectivity index (χ3v) is 4.23. The lowest BCUT2D eigenvalue weighted by Gasteiger charge is -2.10. The van der Waals surface area contributed by atoms with Crippen molar-refractivity contribution in [3.63, 3.8) is 0 Å². The fourth-order valence-corrected chi connectivity index (χ4v) is 2.69. The Bertz CT molecular complexity index is 601. The number of rotatable bonds is 6. The first-order valence-electron chi connectivity index (χ1n) is 6.78. The predicted octanol–water partition coefficient (Wildman–Crippen LogP) is 4.34. The summed E-state index contributed by atoms with van der Waals surface area (Å²) < 4.78 is 23.8. The van der Waals surface area contributed by atoms with Gasteiger partial charge in [0.15, 0.2) is 5.82 Å². The summed E-state index contributed by atoms with van der Waals surface area (Å²) in [5.41, 5.74) is 0.818. The number of benzene rings is 1. The van der Waals surface area contributed by atoms with E-state index in [1.165, 1.54) is 12.1 Å². The lowest BCUT2D eigenvalue weighted by atomic mass is 10.2. The van der Waals surface area contributed by atoms with Gasteiger partial charge < -0.3 is 9.26 Å². The van der Waals surface area contributed by atoms with Crippen LogP contribution in [0.25, 0.3) is 0 Å². The molecule has 0 aliphatic rings. The molecule has 1 atom stereocenters. The first-order chi connectivity index (χ1) is 10.0. The van der Waals surface area contributed by atoms with Crippen LogP contribution in [0, 0.1) is 5.82 Å².